The zero-order valence-corrected chi connectivity index (χ0v) is 35.0. The zero-order valence-electron chi connectivity index (χ0n) is 35.0. The number of nitrogens with zero attached hydrogens (tertiary/aromatic N) is 4. The largest absolute Gasteiger partial charge is 0.456 e. The summed E-state index contributed by atoms with van der Waals surface area (Å²) in [5.74, 6) is 1.51. The van der Waals surface area contributed by atoms with Gasteiger partial charge in [-0.2, -0.15) is 0 Å². The average Bonchev–Trinajstić information content (AvgIpc) is 4.14. The van der Waals surface area contributed by atoms with Crippen LogP contribution in [0.15, 0.2) is 207 Å². The fraction of sp³-hybridized carbons (Fsp3) is 0. The molecule has 0 unspecified atom stereocenters. The molecule has 306 valence electrons. The molecule has 0 fully saturated rings. The molecule has 0 aliphatic heterocycles. The van der Waals surface area contributed by atoms with Gasteiger partial charge >= 0.3 is 0 Å². The van der Waals surface area contributed by atoms with E-state index in [4.69, 9.17) is 28.2 Å². The molecule has 0 radical (unpaired) electrons. The molecule has 0 bridgehead atoms. The van der Waals surface area contributed by atoms with Gasteiger partial charge in [0.15, 0.2) is 17.5 Å². The molecule has 0 aliphatic carbocycles. The van der Waals surface area contributed by atoms with Gasteiger partial charge in [-0.3, -0.25) is 0 Å². The van der Waals surface area contributed by atoms with Gasteiger partial charge in [0.05, 0.1) is 16.6 Å². The van der Waals surface area contributed by atoms with Crippen LogP contribution in [-0.4, -0.2) is 19.5 Å². The van der Waals surface area contributed by atoms with E-state index in [0.29, 0.717) is 23.1 Å². The Bertz CT molecular complexity index is 4420. The van der Waals surface area contributed by atoms with E-state index in [1.807, 2.05) is 60.7 Å². The Morgan fingerprint density at radius 2 is 0.833 bits per heavy atom. The smallest absolute Gasteiger partial charge is 0.167 e. The highest BCUT2D eigenvalue weighted by Crippen LogP contribution is 2.45. The van der Waals surface area contributed by atoms with Crippen molar-refractivity contribution >= 4 is 109 Å². The number of hydrogen-bond acceptors (Lipinski definition) is 6. The Labute approximate surface area is 374 Å². The molecule has 66 heavy (non-hydrogen) atoms. The topological polar surface area (TPSA) is 83.0 Å². The van der Waals surface area contributed by atoms with E-state index in [1.54, 1.807) is 0 Å². The Balaban J connectivity index is 1.10. The minimum absolute atomic E-state index is 0.478. The minimum atomic E-state index is 0.478. The monoisotopic (exact) mass is 844 g/mol. The van der Waals surface area contributed by atoms with Gasteiger partial charge in [0, 0.05) is 59.9 Å². The average molecular weight is 845 g/mol. The van der Waals surface area contributed by atoms with Crippen LogP contribution >= 0.6 is 0 Å². The van der Waals surface area contributed by atoms with E-state index < -0.39 is 0 Å². The van der Waals surface area contributed by atoms with Crippen LogP contribution in [0.3, 0.4) is 0 Å². The lowest BCUT2D eigenvalue weighted by atomic mass is 10.0. The normalized spacial score (nSPS) is 12.2. The van der Waals surface area contributed by atoms with E-state index in [-0.39, 0.29) is 0 Å². The number of rotatable bonds is 4. The molecule has 0 saturated heterocycles. The van der Waals surface area contributed by atoms with E-state index in [2.05, 4.69) is 138 Å². The molecule has 7 nitrogen and oxygen atoms in total. The molecular weight excluding hydrogens is 813 g/mol. The number of furan rings is 3. The summed E-state index contributed by atoms with van der Waals surface area (Å²) in [6, 6.07) is 67.4. The van der Waals surface area contributed by atoms with Gasteiger partial charge in [0.1, 0.15) is 33.5 Å². The second-order valence-corrected chi connectivity index (χ2v) is 17.1. The van der Waals surface area contributed by atoms with Gasteiger partial charge in [0.25, 0.3) is 0 Å². The predicted molar refractivity (Wildman–Crippen MR) is 267 cm³/mol. The minimum Gasteiger partial charge on any atom is -0.456 e. The number of aromatic nitrogens is 4. The summed E-state index contributed by atoms with van der Waals surface area (Å²) in [7, 11) is 0. The van der Waals surface area contributed by atoms with Crippen molar-refractivity contribution in [3.8, 4) is 39.9 Å². The molecule has 5 aromatic heterocycles. The Morgan fingerprint density at radius 3 is 1.52 bits per heavy atom. The lowest BCUT2D eigenvalue weighted by molar-refractivity contribution is 0.668. The number of hydrogen-bond donors (Lipinski definition) is 0. The highest BCUT2D eigenvalue weighted by atomic mass is 16.3. The van der Waals surface area contributed by atoms with Crippen molar-refractivity contribution in [1.29, 1.82) is 0 Å². The summed E-state index contributed by atoms with van der Waals surface area (Å²) in [6.45, 7) is 0. The van der Waals surface area contributed by atoms with Crippen molar-refractivity contribution in [3.05, 3.63) is 194 Å². The van der Waals surface area contributed by atoms with Crippen LogP contribution in [-0.2, 0) is 0 Å². The number of benzene rings is 10. The van der Waals surface area contributed by atoms with Crippen LogP contribution in [0.2, 0.25) is 0 Å². The van der Waals surface area contributed by atoms with Gasteiger partial charge in [-0.15, -0.1) is 0 Å². The van der Waals surface area contributed by atoms with E-state index >= 15 is 0 Å². The molecule has 10 aromatic carbocycles. The Hall–Kier alpha value is -9.07. The maximum atomic E-state index is 7.03. The van der Waals surface area contributed by atoms with Crippen molar-refractivity contribution in [2.45, 2.75) is 0 Å². The second kappa shape index (κ2) is 13.2. The van der Waals surface area contributed by atoms with E-state index in [0.717, 1.165) is 104 Å². The summed E-state index contributed by atoms with van der Waals surface area (Å²) in [5, 5.41) is 12.8. The SMILES string of the molecule is c1ccc2cc3c(cc2c1)c1ccccc1n3-c1cc(-c2nc(-c3cccc4oc5ccccc5c34)nc(-c3cccc4oc5ccccc5c34)n2)c2oc3ccc4ccccc4c3c2c1. The van der Waals surface area contributed by atoms with Crippen LogP contribution < -0.4 is 0 Å². The lowest BCUT2D eigenvalue weighted by Gasteiger charge is -2.13. The van der Waals surface area contributed by atoms with Crippen LogP contribution in [0, 0.1) is 0 Å². The summed E-state index contributed by atoms with van der Waals surface area (Å²) in [6.07, 6.45) is 0. The van der Waals surface area contributed by atoms with Gasteiger partial charge in [-0.05, 0) is 82.2 Å². The third kappa shape index (κ3) is 4.99. The van der Waals surface area contributed by atoms with Crippen molar-refractivity contribution < 1.29 is 13.3 Å². The predicted octanol–water partition coefficient (Wildman–Crippen LogP) is 16.0. The van der Waals surface area contributed by atoms with Gasteiger partial charge in [-0.25, -0.2) is 15.0 Å². The first kappa shape index (κ1) is 35.4. The molecule has 0 N–H and O–H groups in total. The van der Waals surface area contributed by atoms with Gasteiger partial charge in [0.2, 0.25) is 0 Å². The van der Waals surface area contributed by atoms with Crippen molar-refractivity contribution in [3.63, 3.8) is 0 Å². The third-order valence-corrected chi connectivity index (χ3v) is 13.4. The summed E-state index contributed by atoms with van der Waals surface area (Å²) in [5.41, 5.74) is 10.2. The molecule has 0 spiro atoms. The molecule has 0 aliphatic rings. The maximum absolute atomic E-state index is 7.03. The molecular formula is C59H32N4O3. The molecule has 0 atom stereocenters. The Morgan fingerprint density at radius 1 is 0.303 bits per heavy atom. The summed E-state index contributed by atoms with van der Waals surface area (Å²) in [4.78, 5) is 16.3. The first-order valence-electron chi connectivity index (χ1n) is 22.1. The lowest BCUT2D eigenvalue weighted by Crippen LogP contribution is -2.02. The van der Waals surface area contributed by atoms with Crippen molar-refractivity contribution in [2.24, 2.45) is 0 Å². The molecule has 5 heterocycles. The van der Waals surface area contributed by atoms with Gasteiger partial charge in [-0.1, -0.05) is 133 Å². The highest BCUT2D eigenvalue weighted by Gasteiger charge is 2.25. The van der Waals surface area contributed by atoms with Gasteiger partial charge < -0.3 is 17.8 Å². The van der Waals surface area contributed by atoms with E-state index in [1.165, 1.54) is 21.5 Å². The summed E-state index contributed by atoms with van der Waals surface area (Å²) < 4.78 is 22.3. The Kier molecular flexibility index (Phi) is 7.10. The highest BCUT2D eigenvalue weighted by molar-refractivity contribution is 6.22. The molecule has 15 aromatic rings. The van der Waals surface area contributed by atoms with Crippen molar-refractivity contribution in [2.75, 3.05) is 0 Å². The third-order valence-electron chi connectivity index (χ3n) is 13.4. The molecule has 0 saturated carbocycles. The first-order chi connectivity index (χ1) is 32.7. The molecule has 15 rings (SSSR count). The molecule has 0 amide bonds. The second-order valence-electron chi connectivity index (χ2n) is 17.1. The van der Waals surface area contributed by atoms with Crippen LogP contribution in [0.1, 0.15) is 0 Å². The maximum Gasteiger partial charge on any atom is 0.167 e. The molecule has 7 heteroatoms. The first-order valence-corrected chi connectivity index (χ1v) is 22.1. The number of para-hydroxylation sites is 3. The van der Waals surface area contributed by atoms with Crippen molar-refractivity contribution in [1.82, 2.24) is 19.5 Å². The van der Waals surface area contributed by atoms with E-state index in [9.17, 15) is 0 Å². The van der Waals surface area contributed by atoms with Crippen LogP contribution in [0.4, 0.5) is 0 Å². The fourth-order valence-corrected chi connectivity index (χ4v) is 10.5. The quantitative estimate of drug-likeness (QED) is 0.175. The fourth-order valence-electron chi connectivity index (χ4n) is 10.5. The summed E-state index contributed by atoms with van der Waals surface area (Å²) >= 11 is 0. The zero-order chi connectivity index (χ0) is 43.0. The standard InChI is InChI=1S/C59H32N4O3/c1-2-15-35-30-47-43(29-34(35)14-1)38-17-5-8-22-46(38)63(47)36-31-44-53-37-16-4-3-13-33(37)27-28-52(53)66-56(44)45(32-36)59-61-57(41-20-11-25-50-54(41)39-18-6-9-23-48(39)64-50)60-58(62-59)42-21-12-26-51-55(42)40-19-7-10-24-49(40)65-51/h1-32H. The number of fused-ring (bicyclic) bond motifs is 15. The van der Waals surface area contributed by atoms with Crippen LogP contribution in [0.25, 0.3) is 149 Å². The van der Waals surface area contributed by atoms with Crippen LogP contribution in [0.5, 0.6) is 0 Å².